The Kier molecular flexibility index (Phi) is 6.94. The molecule has 0 spiro atoms. The fraction of sp³-hybridized carbons (Fsp3) is 0.318. The first kappa shape index (κ1) is 20.5. The quantitative estimate of drug-likeness (QED) is 0.346. The molecule has 3 aromatic rings. The number of fused-ring (bicyclic) bond motifs is 1. The monoisotopic (exact) mass is 398 g/mol. The largest absolute Gasteiger partial charge is 0.504 e. The summed E-state index contributed by atoms with van der Waals surface area (Å²) in [5, 5.41) is 17.8. The summed E-state index contributed by atoms with van der Waals surface area (Å²) in [6.07, 6.45) is 3.31. The van der Waals surface area contributed by atoms with Crippen LogP contribution in [-0.4, -0.2) is 42.8 Å². The predicted molar refractivity (Wildman–Crippen MR) is 114 cm³/mol. The van der Waals surface area contributed by atoms with Gasteiger partial charge in [0.25, 0.3) is 0 Å². The molecule has 0 unspecified atom stereocenters. The van der Waals surface area contributed by atoms with Crippen LogP contribution < -0.4 is 15.4 Å². The first-order valence-corrected chi connectivity index (χ1v) is 9.75. The number of aromatic hydroxyl groups is 1. The lowest BCUT2D eigenvalue weighted by atomic mass is 10.1. The van der Waals surface area contributed by atoms with Crippen molar-refractivity contribution in [2.45, 2.75) is 19.8 Å². The van der Waals surface area contributed by atoms with Gasteiger partial charge in [-0.05, 0) is 55.2 Å². The van der Waals surface area contributed by atoms with E-state index >= 15 is 0 Å². The van der Waals surface area contributed by atoms with Crippen molar-refractivity contribution < 1.29 is 14.2 Å². The molecule has 0 atom stereocenters. The molecule has 0 bridgehead atoms. The van der Waals surface area contributed by atoms with Gasteiger partial charge in [0.05, 0.1) is 7.11 Å². The zero-order valence-electron chi connectivity index (χ0n) is 16.8. The second-order valence-corrected chi connectivity index (χ2v) is 6.66. The number of aromatic nitrogens is 1. The second-order valence-electron chi connectivity index (χ2n) is 6.66. The number of H-pyrrole nitrogens is 1. The average Bonchev–Trinajstić information content (AvgIpc) is 3.11. The number of methoxy groups -OCH3 is 1. The first-order valence-electron chi connectivity index (χ1n) is 9.75. The lowest BCUT2D eigenvalue weighted by Gasteiger charge is -2.12. The zero-order valence-corrected chi connectivity index (χ0v) is 16.8. The van der Waals surface area contributed by atoms with E-state index in [-0.39, 0.29) is 11.6 Å². The molecule has 1 heterocycles. The lowest BCUT2D eigenvalue weighted by molar-refractivity contribution is 0.370. The summed E-state index contributed by atoms with van der Waals surface area (Å²) in [6.45, 7) is 3.99. The van der Waals surface area contributed by atoms with Gasteiger partial charge in [-0.3, -0.25) is 4.99 Å². The van der Waals surface area contributed by atoms with Crippen LogP contribution in [0.4, 0.5) is 4.39 Å². The molecule has 0 radical (unpaired) electrons. The number of aliphatic imine (C=N–C) groups is 1. The van der Waals surface area contributed by atoms with Gasteiger partial charge in [-0.15, -0.1) is 0 Å². The molecule has 29 heavy (non-hydrogen) atoms. The number of hydrogen-bond donors (Lipinski definition) is 4. The molecular weight excluding hydrogens is 371 g/mol. The Balaban J connectivity index is 1.56. The normalized spacial score (nSPS) is 11.6. The van der Waals surface area contributed by atoms with Crippen LogP contribution in [0.5, 0.6) is 11.5 Å². The minimum Gasteiger partial charge on any atom is -0.504 e. The van der Waals surface area contributed by atoms with E-state index in [4.69, 9.17) is 4.74 Å². The van der Waals surface area contributed by atoms with Crippen molar-refractivity contribution in [1.29, 1.82) is 0 Å². The lowest BCUT2D eigenvalue weighted by Crippen LogP contribution is -2.38. The standard InChI is InChI=1S/C22H27FN4O2/c1-3-24-22(25-11-9-15-5-4-6-20(29-2)21(15)28)26-12-10-16-14-27-19-13-17(23)7-8-18(16)19/h4-8,13-14,27-28H,3,9-12H2,1-2H3,(H2,24,25,26). The fourth-order valence-corrected chi connectivity index (χ4v) is 3.25. The number of nitrogens with zero attached hydrogens (tertiary/aromatic N) is 1. The number of halogens is 1. The van der Waals surface area contributed by atoms with Crippen molar-refractivity contribution in [1.82, 2.24) is 15.6 Å². The number of aromatic amines is 1. The van der Waals surface area contributed by atoms with E-state index in [1.165, 1.54) is 19.2 Å². The number of ether oxygens (including phenoxy) is 1. The smallest absolute Gasteiger partial charge is 0.191 e. The zero-order chi connectivity index (χ0) is 20.6. The summed E-state index contributed by atoms with van der Waals surface area (Å²) >= 11 is 0. The molecule has 0 fully saturated rings. The van der Waals surface area contributed by atoms with Crippen molar-refractivity contribution >= 4 is 16.9 Å². The van der Waals surface area contributed by atoms with Crippen LogP contribution in [0.2, 0.25) is 0 Å². The van der Waals surface area contributed by atoms with E-state index in [0.29, 0.717) is 25.3 Å². The van der Waals surface area contributed by atoms with E-state index in [0.717, 1.165) is 41.0 Å². The summed E-state index contributed by atoms with van der Waals surface area (Å²) in [6, 6.07) is 10.2. The third-order valence-electron chi connectivity index (χ3n) is 4.71. The highest BCUT2D eigenvalue weighted by Crippen LogP contribution is 2.29. The Morgan fingerprint density at radius 2 is 2.03 bits per heavy atom. The molecule has 0 aliphatic heterocycles. The van der Waals surface area contributed by atoms with Gasteiger partial charge in [0.15, 0.2) is 17.5 Å². The number of phenols is 1. The minimum absolute atomic E-state index is 0.166. The van der Waals surface area contributed by atoms with Crippen LogP contribution in [0.25, 0.3) is 10.9 Å². The number of benzene rings is 2. The number of para-hydroxylation sites is 1. The Morgan fingerprint density at radius 3 is 2.83 bits per heavy atom. The topological polar surface area (TPSA) is 81.7 Å². The third-order valence-corrected chi connectivity index (χ3v) is 4.71. The molecule has 0 saturated carbocycles. The highest BCUT2D eigenvalue weighted by molar-refractivity contribution is 5.83. The summed E-state index contributed by atoms with van der Waals surface area (Å²) in [5.41, 5.74) is 2.73. The van der Waals surface area contributed by atoms with E-state index in [1.807, 2.05) is 25.3 Å². The molecule has 0 saturated heterocycles. The predicted octanol–water partition coefficient (Wildman–Crippen LogP) is 3.36. The van der Waals surface area contributed by atoms with Gasteiger partial charge in [0.1, 0.15) is 5.82 Å². The third kappa shape index (κ3) is 5.19. The minimum atomic E-state index is -0.243. The summed E-state index contributed by atoms with van der Waals surface area (Å²) in [7, 11) is 1.54. The van der Waals surface area contributed by atoms with Crippen molar-refractivity contribution in [3.05, 3.63) is 59.5 Å². The summed E-state index contributed by atoms with van der Waals surface area (Å²) in [4.78, 5) is 7.70. The number of phenolic OH excluding ortho intramolecular Hbond substituents is 1. The average molecular weight is 398 g/mol. The van der Waals surface area contributed by atoms with Crippen LogP contribution in [-0.2, 0) is 12.8 Å². The van der Waals surface area contributed by atoms with Crippen molar-refractivity contribution in [3.8, 4) is 11.5 Å². The van der Waals surface area contributed by atoms with Crippen LogP contribution in [0.1, 0.15) is 18.1 Å². The van der Waals surface area contributed by atoms with E-state index in [2.05, 4.69) is 20.6 Å². The molecule has 0 aliphatic carbocycles. The molecule has 0 amide bonds. The number of guanidine groups is 1. The van der Waals surface area contributed by atoms with Gasteiger partial charge in [0.2, 0.25) is 0 Å². The number of hydrogen-bond acceptors (Lipinski definition) is 3. The Bertz CT molecular complexity index is 984. The van der Waals surface area contributed by atoms with Crippen molar-refractivity contribution in [2.24, 2.45) is 4.99 Å². The number of rotatable bonds is 8. The number of nitrogens with one attached hydrogen (secondary N) is 3. The SMILES string of the molecule is CCNC(=NCCc1cccc(OC)c1O)NCCc1c[nH]c2cc(F)ccc12. The molecule has 1 aromatic heterocycles. The van der Waals surface area contributed by atoms with Crippen molar-refractivity contribution in [2.75, 3.05) is 26.7 Å². The summed E-state index contributed by atoms with van der Waals surface area (Å²) in [5.74, 6) is 1.11. The maximum atomic E-state index is 13.3. The van der Waals surface area contributed by atoms with Crippen molar-refractivity contribution in [3.63, 3.8) is 0 Å². The van der Waals surface area contributed by atoms with Gasteiger partial charge < -0.3 is 25.5 Å². The van der Waals surface area contributed by atoms with Crippen LogP contribution in [0.3, 0.4) is 0 Å². The van der Waals surface area contributed by atoms with Gasteiger partial charge >= 0.3 is 0 Å². The Morgan fingerprint density at radius 1 is 1.17 bits per heavy atom. The van der Waals surface area contributed by atoms with Crippen LogP contribution in [0.15, 0.2) is 47.6 Å². The Hall–Kier alpha value is -3.22. The first-order chi connectivity index (χ1) is 14.1. The van der Waals surface area contributed by atoms with E-state index in [1.54, 1.807) is 12.1 Å². The molecule has 0 aliphatic rings. The van der Waals surface area contributed by atoms with Gasteiger partial charge in [-0.25, -0.2) is 4.39 Å². The van der Waals surface area contributed by atoms with Gasteiger partial charge in [-0.2, -0.15) is 0 Å². The van der Waals surface area contributed by atoms with E-state index < -0.39 is 0 Å². The second kappa shape index (κ2) is 9.82. The molecular formula is C22H27FN4O2. The molecule has 2 aromatic carbocycles. The molecule has 154 valence electrons. The summed E-state index contributed by atoms with van der Waals surface area (Å²) < 4.78 is 18.5. The van der Waals surface area contributed by atoms with Crippen LogP contribution in [0, 0.1) is 5.82 Å². The Labute approximate surface area is 169 Å². The molecule has 3 rings (SSSR count). The molecule has 4 N–H and O–H groups in total. The highest BCUT2D eigenvalue weighted by Gasteiger charge is 2.08. The fourth-order valence-electron chi connectivity index (χ4n) is 3.25. The molecule has 6 nitrogen and oxygen atoms in total. The maximum Gasteiger partial charge on any atom is 0.191 e. The van der Waals surface area contributed by atoms with Crippen LogP contribution >= 0.6 is 0 Å². The van der Waals surface area contributed by atoms with Gasteiger partial charge in [-0.1, -0.05) is 12.1 Å². The highest BCUT2D eigenvalue weighted by atomic mass is 19.1. The van der Waals surface area contributed by atoms with E-state index in [9.17, 15) is 9.50 Å². The maximum absolute atomic E-state index is 13.3. The molecule has 7 heteroatoms. The van der Waals surface area contributed by atoms with Gasteiger partial charge in [0, 0.05) is 36.7 Å².